The van der Waals surface area contributed by atoms with Crippen molar-refractivity contribution in [1.29, 1.82) is 0 Å². The van der Waals surface area contributed by atoms with E-state index in [1.165, 1.54) is 6.92 Å². The number of alkyl halides is 5. The summed E-state index contributed by atoms with van der Waals surface area (Å²) in [6.45, 7) is 1.53. The molecule has 0 N–H and O–H groups in total. The smallest absolute Gasteiger partial charge is 0.256 e. The second-order valence-electron chi connectivity index (χ2n) is 2.21. The van der Waals surface area contributed by atoms with Crippen LogP contribution in [0.25, 0.3) is 0 Å². The predicted molar refractivity (Wildman–Crippen MR) is 55.0 cm³/mol. The molecule has 0 saturated heterocycles. The average Bonchev–Trinajstić information content (AvgIpc) is 2.00. The van der Waals surface area contributed by atoms with Crippen LogP contribution in [0.1, 0.15) is 13.3 Å². The van der Waals surface area contributed by atoms with Gasteiger partial charge in [-0.05, 0) is 6.42 Å². The molecule has 0 radical (unpaired) electrons. The van der Waals surface area contributed by atoms with Gasteiger partial charge in [0.1, 0.15) is 0 Å². The summed E-state index contributed by atoms with van der Waals surface area (Å²) < 4.78 is -4.12. The number of hydrogen-bond acceptors (Lipinski definition) is 2. The second-order valence-corrected chi connectivity index (χ2v) is 5.98. The molecule has 0 saturated carbocycles. The maximum Gasteiger partial charge on any atom is 0.256 e. The minimum Gasteiger partial charge on any atom is -0.287 e. The molecular formula is C6H5Cl5O2. The zero-order chi connectivity index (χ0) is 10.9. The van der Waals surface area contributed by atoms with Crippen LogP contribution in [0.15, 0.2) is 0 Å². The monoisotopic (exact) mass is 284 g/mol. The molecular weight excluding hydrogens is 281 g/mol. The van der Waals surface area contributed by atoms with Gasteiger partial charge in [0, 0.05) is 0 Å². The number of ketones is 2. The SMILES string of the molecule is CCC(Cl)(Cl)C(=O)C(=O)C(Cl)(Cl)Cl. The van der Waals surface area contributed by atoms with Crippen molar-refractivity contribution in [3.8, 4) is 0 Å². The summed E-state index contributed by atoms with van der Waals surface area (Å²) in [5.41, 5.74) is 0. The number of rotatable bonds is 3. The lowest BCUT2D eigenvalue weighted by molar-refractivity contribution is -0.136. The highest BCUT2D eigenvalue weighted by atomic mass is 35.6. The lowest BCUT2D eigenvalue weighted by Gasteiger charge is -2.17. The Bertz CT molecular complexity index is 230. The van der Waals surface area contributed by atoms with E-state index in [2.05, 4.69) is 0 Å². The molecule has 7 heteroatoms. The molecule has 13 heavy (non-hydrogen) atoms. The highest BCUT2D eigenvalue weighted by Crippen LogP contribution is 2.33. The van der Waals surface area contributed by atoms with E-state index in [1.54, 1.807) is 0 Å². The Morgan fingerprint density at radius 1 is 1.00 bits per heavy atom. The van der Waals surface area contributed by atoms with Gasteiger partial charge in [-0.3, -0.25) is 9.59 Å². The molecule has 0 atom stereocenters. The molecule has 0 aromatic rings. The summed E-state index contributed by atoms with van der Waals surface area (Å²) in [5, 5.41) is 0. The Balaban J connectivity index is 4.74. The normalized spacial score (nSPS) is 12.8. The number of hydrogen-bond donors (Lipinski definition) is 0. The summed E-state index contributed by atoms with van der Waals surface area (Å²) >= 11 is 26.5. The third-order valence-electron chi connectivity index (χ3n) is 1.24. The molecule has 76 valence electrons. The van der Waals surface area contributed by atoms with Crippen LogP contribution < -0.4 is 0 Å². The predicted octanol–water partition coefficient (Wildman–Crippen LogP) is 3.08. The molecule has 0 aromatic carbocycles. The standard InChI is InChI=1S/C6H5Cl5O2/c1-2-5(7,8)3(12)4(13)6(9,10)11/h2H2,1H3. The molecule has 0 bridgehead atoms. The van der Waals surface area contributed by atoms with Crippen molar-refractivity contribution in [2.45, 2.75) is 21.5 Å². The van der Waals surface area contributed by atoms with Crippen LogP contribution >= 0.6 is 58.0 Å². The zero-order valence-electron chi connectivity index (χ0n) is 6.41. The Kier molecular flexibility index (Phi) is 4.82. The highest BCUT2D eigenvalue weighted by molar-refractivity contribution is 6.85. The van der Waals surface area contributed by atoms with Crippen molar-refractivity contribution in [2.24, 2.45) is 0 Å². The van der Waals surface area contributed by atoms with Crippen LogP contribution in [0.4, 0.5) is 0 Å². The molecule has 0 aromatic heterocycles. The fourth-order valence-electron chi connectivity index (χ4n) is 0.455. The zero-order valence-corrected chi connectivity index (χ0v) is 10.2. The molecule has 0 unspecified atom stereocenters. The Morgan fingerprint density at radius 2 is 1.38 bits per heavy atom. The van der Waals surface area contributed by atoms with E-state index in [0.717, 1.165) is 0 Å². The van der Waals surface area contributed by atoms with Crippen LogP contribution in [-0.4, -0.2) is 19.7 Å². The van der Waals surface area contributed by atoms with Gasteiger partial charge < -0.3 is 0 Å². The van der Waals surface area contributed by atoms with E-state index in [9.17, 15) is 9.59 Å². The molecule has 0 aliphatic carbocycles. The van der Waals surface area contributed by atoms with E-state index < -0.39 is 19.7 Å². The number of carbonyl (C=O) groups excluding carboxylic acids is 2. The molecule has 0 aliphatic rings. The van der Waals surface area contributed by atoms with E-state index in [-0.39, 0.29) is 6.42 Å². The molecule has 0 spiro atoms. The lowest BCUT2D eigenvalue weighted by atomic mass is 10.1. The lowest BCUT2D eigenvalue weighted by Crippen LogP contribution is -2.39. The van der Waals surface area contributed by atoms with Gasteiger partial charge in [0.25, 0.3) is 9.58 Å². The molecule has 0 amide bonds. The average molecular weight is 286 g/mol. The van der Waals surface area contributed by atoms with Crippen LogP contribution in [-0.2, 0) is 9.59 Å². The summed E-state index contributed by atoms with van der Waals surface area (Å²) in [7, 11) is 0. The second kappa shape index (κ2) is 4.54. The maximum absolute atomic E-state index is 11.2. The first-order chi connectivity index (χ1) is 5.63. The summed E-state index contributed by atoms with van der Waals surface area (Å²) in [4.78, 5) is 22.2. The van der Waals surface area contributed by atoms with Gasteiger partial charge >= 0.3 is 0 Å². The molecule has 0 aliphatic heterocycles. The van der Waals surface area contributed by atoms with Crippen molar-refractivity contribution in [2.75, 3.05) is 0 Å². The van der Waals surface area contributed by atoms with Crippen LogP contribution in [0.5, 0.6) is 0 Å². The first-order valence-electron chi connectivity index (χ1n) is 3.16. The molecule has 0 fully saturated rings. The molecule has 2 nitrogen and oxygen atoms in total. The number of carbonyl (C=O) groups is 2. The maximum atomic E-state index is 11.2. The van der Waals surface area contributed by atoms with E-state index in [4.69, 9.17) is 58.0 Å². The van der Waals surface area contributed by atoms with Gasteiger partial charge in [-0.1, -0.05) is 64.9 Å². The van der Waals surface area contributed by atoms with Crippen molar-refractivity contribution >= 4 is 69.6 Å². The van der Waals surface area contributed by atoms with Gasteiger partial charge in [-0.25, -0.2) is 0 Å². The van der Waals surface area contributed by atoms with Crippen molar-refractivity contribution in [1.82, 2.24) is 0 Å². The number of halogens is 5. The van der Waals surface area contributed by atoms with E-state index >= 15 is 0 Å². The first-order valence-corrected chi connectivity index (χ1v) is 5.05. The summed E-state index contributed by atoms with van der Waals surface area (Å²) in [5.74, 6) is -2.34. The van der Waals surface area contributed by atoms with Gasteiger partial charge in [-0.2, -0.15) is 0 Å². The fourth-order valence-corrected chi connectivity index (χ4v) is 0.884. The molecule has 0 heterocycles. The third kappa shape index (κ3) is 3.80. The van der Waals surface area contributed by atoms with Crippen molar-refractivity contribution in [3.63, 3.8) is 0 Å². The topological polar surface area (TPSA) is 34.1 Å². The van der Waals surface area contributed by atoms with Gasteiger partial charge in [0.2, 0.25) is 5.78 Å². The third-order valence-corrected chi connectivity index (χ3v) is 2.63. The first kappa shape index (κ1) is 13.8. The Hall–Kier alpha value is 0.790. The van der Waals surface area contributed by atoms with Crippen LogP contribution in [0.2, 0.25) is 0 Å². The van der Waals surface area contributed by atoms with E-state index in [0.29, 0.717) is 0 Å². The van der Waals surface area contributed by atoms with Crippen LogP contribution in [0.3, 0.4) is 0 Å². The van der Waals surface area contributed by atoms with Crippen molar-refractivity contribution in [3.05, 3.63) is 0 Å². The summed E-state index contributed by atoms with van der Waals surface area (Å²) in [6, 6.07) is 0. The largest absolute Gasteiger partial charge is 0.287 e. The summed E-state index contributed by atoms with van der Waals surface area (Å²) in [6.07, 6.45) is 0.0570. The fraction of sp³-hybridized carbons (Fsp3) is 0.667. The van der Waals surface area contributed by atoms with Gasteiger partial charge in [0.05, 0.1) is 0 Å². The minimum atomic E-state index is -2.30. The minimum absolute atomic E-state index is 0.0570. The van der Waals surface area contributed by atoms with Crippen LogP contribution in [0, 0.1) is 0 Å². The van der Waals surface area contributed by atoms with Gasteiger partial charge in [0.15, 0.2) is 4.33 Å². The number of Topliss-reactive ketones (excluding diaryl/α,β-unsaturated/α-hetero) is 2. The van der Waals surface area contributed by atoms with Gasteiger partial charge in [-0.15, -0.1) is 0 Å². The quantitative estimate of drug-likeness (QED) is 0.590. The molecule has 0 rings (SSSR count). The Labute approximate surface area is 100 Å². The van der Waals surface area contributed by atoms with Crippen molar-refractivity contribution < 1.29 is 9.59 Å². The Morgan fingerprint density at radius 3 is 1.62 bits per heavy atom. The highest BCUT2D eigenvalue weighted by Gasteiger charge is 2.45. The van der Waals surface area contributed by atoms with E-state index in [1.807, 2.05) is 0 Å².